The second kappa shape index (κ2) is 4.59. The van der Waals surface area contributed by atoms with E-state index in [1.54, 1.807) is 30.3 Å². The second-order valence-corrected chi connectivity index (χ2v) is 5.36. The molecule has 2 aromatic rings. The van der Waals surface area contributed by atoms with Crippen LogP contribution in [0.3, 0.4) is 0 Å². The second-order valence-electron chi connectivity index (χ2n) is 4.57. The van der Waals surface area contributed by atoms with Crippen LogP contribution in [0, 0.1) is 0 Å². The Kier molecular flexibility index (Phi) is 3.01. The first-order valence-corrected chi connectivity index (χ1v) is 6.79. The number of phenolic OH excluding ortho intramolecular Hbond substituents is 1. The van der Waals surface area contributed by atoms with Crippen molar-refractivity contribution in [3.63, 3.8) is 0 Å². The molecule has 1 unspecified atom stereocenters. The molecule has 3 rings (SSSR count). The van der Waals surface area contributed by atoms with Crippen LogP contribution in [0.2, 0.25) is 0 Å². The summed E-state index contributed by atoms with van der Waals surface area (Å²) in [7, 11) is 0. The number of hydrogen-bond acceptors (Lipinski definition) is 3. The molecular weight excluding hydrogens is 327 g/mol. The van der Waals surface area contributed by atoms with Gasteiger partial charge in [-0.15, -0.1) is 0 Å². The Balaban J connectivity index is 2.10. The van der Waals surface area contributed by atoms with Crippen molar-refractivity contribution in [2.24, 2.45) is 0 Å². The Morgan fingerprint density at radius 1 is 1.20 bits per heavy atom. The van der Waals surface area contributed by atoms with E-state index in [2.05, 4.69) is 15.9 Å². The summed E-state index contributed by atoms with van der Waals surface area (Å²) in [4.78, 5) is 12.2. The zero-order valence-corrected chi connectivity index (χ0v) is 11.9. The number of fused-ring (bicyclic) bond motifs is 1. The molecule has 0 aliphatic carbocycles. The number of halogens is 2. The fourth-order valence-corrected chi connectivity index (χ4v) is 2.79. The van der Waals surface area contributed by atoms with Gasteiger partial charge in [-0.2, -0.15) is 4.39 Å². The molecule has 0 radical (unpaired) electrons. The quantitative estimate of drug-likeness (QED) is 0.857. The molecule has 0 bridgehead atoms. The Labute approximate surface area is 123 Å². The van der Waals surface area contributed by atoms with Crippen LogP contribution in [-0.4, -0.2) is 10.9 Å². The van der Waals surface area contributed by atoms with Crippen LogP contribution in [0.1, 0.15) is 22.3 Å². The van der Waals surface area contributed by atoms with Gasteiger partial charge in [0.2, 0.25) is 0 Å². The zero-order chi connectivity index (χ0) is 14.3. The maximum absolute atomic E-state index is 14.9. The molecule has 0 fully saturated rings. The smallest absolute Gasteiger partial charge is 0.281 e. The third-order valence-electron chi connectivity index (χ3n) is 3.23. The van der Waals surface area contributed by atoms with Crippen LogP contribution in [0.5, 0.6) is 11.5 Å². The van der Waals surface area contributed by atoms with E-state index < -0.39 is 18.1 Å². The predicted octanol–water partition coefficient (Wildman–Crippen LogP) is 3.94. The number of alkyl halides is 1. The summed E-state index contributed by atoms with van der Waals surface area (Å²) in [5.74, 6) is -2.55. The van der Waals surface area contributed by atoms with Gasteiger partial charge in [0.05, 0.1) is 16.5 Å². The highest BCUT2D eigenvalue weighted by Crippen LogP contribution is 2.45. The van der Waals surface area contributed by atoms with Crippen molar-refractivity contribution in [1.29, 1.82) is 0 Å². The molecule has 0 amide bonds. The standard InChI is InChI=1S/C15H10BrFO3/c16-14-10(18)6-7-12-13(14)11(19)8-15(17,20-12)9-4-2-1-3-5-9/h1-7,18H,8H2. The van der Waals surface area contributed by atoms with Crippen LogP contribution >= 0.6 is 15.9 Å². The Hall–Kier alpha value is -1.88. The highest BCUT2D eigenvalue weighted by atomic mass is 79.9. The fraction of sp³-hybridized carbons (Fsp3) is 0.133. The molecular formula is C15H10BrFO3. The van der Waals surface area contributed by atoms with E-state index in [9.17, 15) is 14.3 Å². The van der Waals surface area contributed by atoms with Crippen molar-refractivity contribution in [3.8, 4) is 11.5 Å². The number of Topliss-reactive ketones (excluding diaryl/α,β-unsaturated/α-hetero) is 1. The number of carbonyl (C=O) groups is 1. The van der Waals surface area contributed by atoms with Crippen LogP contribution < -0.4 is 4.74 Å². The third kappa shape index (κ3) is 1.98. The van der Waals surface area contributed by atoms with Gasteiger partial charge in [-0.05, 0) is 28.1 Å². The number of hydrogen-bond donors (Lipinski definition) is 1. The molecule has 0 spiro atoms. The molecule has 102 valence electrons. The van der Waals surface area contributed by atoms with Crippen molar-refractivity contribution in [2.75, 3.05) is 0 Å². The molecule has 2 aromatic carbocycles. The first-order valence-electron chi connectivity index (χ1n) is 5.99. The van der Waals surface area contributed by atoms with Gasteiger partial charge < -0.3 is 9.84 Å². The Morgan fingerprint density at radius 2 is 1.90 bits per heavy atom. The van der Waals surface area contributed by atoms with Crippen molar-refractivity contribution < 1.29 is 19.0 Å². The lowest BCUT2D eigenvalue weighted by atomic mass is 9.94. The summed E-state index contributed by atoms with van der Waals surface area (Å²) in [6, 6.07) is 11.0. The number of rotatable bonds is 1. The monoisotopic (exact) mass is 336 g/mol. The van der Waals surface area contributed by atoms with E-state index in [0.29, 0.717) is 5.56 Å². The number of carbonyl (C=O) groups excluding carboxylic acids is 1. The minimum atomic E-state index is -2.18. The van der Waals surface area contributed by atoms with Gasteiger partial charge >= 0.3 is 0 Å². The molecule has 20 heavy (non-hydrogen) atoms. The van der Waals surface area contributed by atoms with Crippen LogP contribution in [-0.2, 0) is 5.85 Å². The number of phenols is 1. The van der Waals surface area contributed by atoms with Crippen LogP contribution in [0.25, 0.3) is 0 Å². The Bertz CT molecular complexity index is 687. The van der Waals surface area contributed by atoms with Gasteiger partial charge in [-0.25, -0.2) is 0 Å². The number of benzene rings is 2. The van der Waals surface area contributed by atoms with Crippen molar-refractivity contribution >= 4 is 21.7 Å². The number of ketones is 1. The molecule has 3 nitrogen and oxygen atoms in total. The summed E-state index contributed by atoms with van der Waals surface area (Å²) in [5.41, 5.74) is 0.470. The predicted molar refractivity (Wildman–Crippen MR) is 74.6 cm³/mol. The lowest BCUT2D eigenvalue weighted by molar-refractivity contribution is -0.0746. The van der Waals surface area contributed by atoms with Gasteiger partial charge in [0.15, 0.2) is 5.78 Å². The van der Waals surface area contributed by atoms with Gasteiger partial charge in [0, 0.05) is 5.56 Å². The topological polar surface area (TPSA) is 46.5 Å². The molecule has 1 N–H and O–H groups in total. The van der Waals surface area contributed by atoms with E-state index in [1.165, 1.54) is 12.1 Å². The molecule has 0 aromatic heterocycles. The molecule has 1 aliphatic heterocycles. The first kappa shape index (κ1) is 13.1. The summed E-state index contributed by atoms with van der Waals surface area (Å²) < 4.78 is 20.6. The maximum atomic E-state index is 14.9. The molecule has 1 heterocycles. The normalized spacial score (nSPS) is 21.2. The summed E-state index contributed by atoms with van der Waals surface area (Å²) in [6.45, 7) is 0. The van der Waals surface area contributed by atoms with Gasteiger partial charge in [0.1, 0.15) is 11.5 Å². The zero-order valence-electron chi connectivity index (χ0n) is 10.3. The summed E-state index contributed by atoms with van der Waals surface area (Å²) in [5, 5.41) is 9.59. The first-order chi connectivity index (χ1) is 9.51. The highest BCUT2D eigenvalue weighted by molar-refractivity contribution is 9.10. The average Bonchev–Trinajstić information content (AvgIpc) is 2.43. The largest absolute Gasteiger partial charge is 0.507 e. The average molecular weight is 337 g/mol. The number of aromatic hydroxyl groups is 1. The Morgan fingerprint density at radius 3 is 2.60 bits per heavy atom. The van der Waals surface area contributed by atoms with E-state index in [-0.39, 0.29) is 21.5 Å². The lowest BCUT2D eigenvalue weighted by Crippen LogP contribution is -2.35. The van der Waals surface area contributed by atoms with Crippen LogP contribution in [0.4, 0.5) is 4.39 Å². The minimum absolute atomic E-state index is 0.0771. The minimum Gasteiger partial charge on any atom is -0.507 e. The van der Waals surface area contributed by atoms with E-state index >= 15 is 0 Å². The summed E-state index contributed by atoms with van der Waals surface area (Å²) in [6.07, 6.45) is -0.425. The van der Waals surface area contributed by atoms with Crippen molar-refractivity contribution in [3.05, 3.63) is 58.1 Å². The highest BCUT2D eigenvalue weighted by Gasteiger charge is 2.43. The van der Waals surface area contributed by atoms with E-state index in [1.807, 2.05) is 0 Å². The van der Waals surface area contributed by atoms with E-state index in [0.717, 1.165) is 0 Å². The van der Waals surface area contributed by atoms with Crippen molar-refractivity contribution in [1.82, 2.24) is 0 Å². The number of ether oxygens (including phenoxy) is 1. The molecule has 0 saturated carbocycles. The maximum Gasteiger partial charge on any atom is 0.281 e. The lowest BCUT2D eigenvalue weighted by Gasteiger charge is -2.31. The summed E-state index contributed by atoms with van der Waals surface area (Å²) >= 11 is 3.13. The molecule has 1 aliphatic rings. The van der Waals surface area contributed by atoms with Gasteiger partial charge in [0.25, 0.3) is 5.85 Å². The molecule has 1 atom stereocenters. The third-order valence-corrected chi connectivity index (χ3v) is 4.03. The van der Waals surface area contributed by atoms with Gasteiger partial charge in [-0.3, -0.25) is 4.79 Å². The van der Waals surface area contributed by atoms with Gasteiger partial charge in [-0.1, -0.05) is 30.3 Å². The fourth-order valence-electron chi connectivity index (χ4n) is 2.25. The van der Waals surface area contributed by atoms with Crippen molar-refractivity contribution in [2.45, 2.75) is 12.3 Å². The SMILES string of the molecule is O=C1CC(F)(c2ccccc2)Oc2ccc(O)c(Br)c21. The van der Waals surface area contributed by atoms with E-state index in [4.69, 9.17) is 4.74 Å². The molecule has 0 saturated heterocycles. The van der Waals surface area contributed by atoms with Crippen LogP contribution in [0.15, 0.2) is 46.9 Å². The molecule has 5 heteroatoms.